The van der Waals surface area contributed by atoms with Crippen LogP contribution in [0, 0.1) is 6.92 Å². The van der Waals surface area contributed by atoms with Gasteiger partial charge in [-0.15, -0.1) is 0 Å². The smallest absolute Gasteiger partial charge is 0.124 e. The van der Waals surface area contributed by atoms with E-state index in [1.807, 2.05) is 7.05 Å². The summed E-state index contributed by atoms with van der Waals surface area (Å²) in [4.78, 5) is 0. The van der Waals surface area contributed by atoms with Gasteiger partial charge >= 0.3 is 0 Å². The standard InChI is InChI=1S/C14H20BrNO/c1-11-4-5-12(15)10-13(11)17-14(6-3-7-14)8-9-16-2/h4-5,10,16H,3,6-9H2,1-2H3. The van der Waals surface area contributed by atoms with Crippen molar-refractivity contribution < 1.29 is 4.74 Å². The molecule has 1 aliphatic carbocycles. The zero-order valence-corrected chi connectivity index (χ0v) is 12.1. The Hall–Kier alpha value is -0.540. The molecule has 0 heterocycles. The van der Waals surface area contributed by atoms with Crippen LogP contribution in [0.1, 0.15) is 31.2 Å². The van der Waals surface area contributed by atoms with E-state index < -0.39 is 0 Å². The molecule has 1 N–H and O–H groups in total. The van der Waals surface area contributed by atoms with Gasteiger partial charge in [0.15, 0.2) is 0 Å². The SMILES string of the molecule is CNCCC1(Oc2cc(Br)ccc2C)CCC1. The van der Waals surface area contributed by atoms with Crippen LogP contribution in [0.15, 0.2) is 22.7 Å². The molecule has 1 aromatic carbocycles. The molecule has 3 heteroatoms. The molecule has 0 spiro atoms. The molecule has 2 rings (SSSR count). The van der Waals surface area contributed by atoms with Crippen molar-refractivity contribution >= 4 is 15.9 Å². The molecular formula is C14H20BrNO. The third-order valence-corrected chi connectivity index (χ3v) is 4.07. The minimum atomic E-state index is 0.0779. The van der Waals surface area contributed by atoms with E-state index in [-0.39, 0.29) is 5.60 Å². The van der Waals surface area contributed by atoms with Gasteiger partial charge in [-0.05, 0) is 63.9 Å². The highest BCUT2D eigenvalue weighted by atomic mass is 79.9. The van der Waals surface area contributed by atoms with Crippen molar-refractivity contribution in [1.29, 1.82) is 0 Å². The third-order valence-electron chi connectivity index (χ3n) is 3.57. The lowest BCUT2D eigenvalue weighted by molar-refractivity contribution is -0.0144. The number of hydrogen-bond donors (Lipinski definition) is 1. The zero-order valence-electron chi connectivity index (χ0n) is 10.6. The van der Waals surface area contributed by atoms with Crippen molar-refractivity contribution in [1.82, 2.24) is 5.32 Å². The molecule has 0 aromatic heterocycles. The van der Waals surface area contributed by atoms with E-state index in [0.29, 0.717) is 0 Å². The Morgan fingerprint density at radius 3 is 2.76 bits per heavy atom. The Morgan fingerprint density at radius 2 is 2.18 bits per heavy atom. The molecule has 1 fully saturated rings. The predicted molar refractivity (Wildman–Crippen MR) is 74.6 cm³/mol. The maximum Gasteiger partial charge on any atom is 0.124 e. The third kappa shape index (κ3) is 3.02. The summed E-state index contributed by atoms with van der Waals surface area (Å²) in [5.74, 6) is 1.02. The van der Waals surface area contributed by atoms with Crippen LogP contribution in [0.3, 0.4) is 0 Å². The number of halogens is 1. The molecule has 1 saturated carbocycles. The highest BCUT2D eigenvalue weighted by molar-refractivity contribution is 9.10. The molecular weight excluding hydrogens is 278 g/mol. The van der Waals surface area contributed by atoms with E-state index in [0.717, 1.165) is 23.2 Å². The fourth-order valence-electron chi connectivity index (χ4n) is 2.24. The molecule has 0 atom stereocenters. The number of hydrogen-bond acceptors (Lipinski definition) is 2. The number of nitrogens with one attached hydrogen (secondary N) is 1. The van der Waals surface area contributed by atoms with Crippen LogP contribution in [0.5, 0.6) is 5.75 Å². The molecule has 1 aliphatic rings. The van der Waals surface area contributed by atoms with Crippen molar-refractivity contribution in [2.24, 2.45) is 0 Å². The van der Waals surface area contributed by atoms with Gasteiger partial charge in [0.05, 0.1) is 0 Å². The normalized spacial score (nSPS) is 17.6. The molecule has 1 aromatic rings. The molecule has 0 radical (unpaired) electrons. The van der Waals surface area contributed by atoms with Crippen molar-refractivity contribution in [3.63, 3.8) is 0 Å². The summed E-state index contributed by atoms with van der Waals surface area (Å²) in [7, 11) is 2.00. The lowest BCUT2D eigenvalue weighted by atomic mass is 9.77. The van der Waals surface area contributed by atoms with Crippen molar-refractivity contribution in [2.45, 2.75) is 38.2 Å². The van der Waals surface area contributed by atoms with E-state index in [1.165, 1.54) is 24.8 Å². The summed E-state index contributed by atoms with van der Waals surface area (Å²) in [6, 6.07) is 6.24. The Bertz CT molecular complexity index is 388. The minimum absolute atomic E-state index is 0.0779. The zero-order chi connectivity index (χ0) is 12.3. The van der Waals surface area contributed by atoms with Crippen molar-refractivity contribution in [3.8, 4) is 5.75 Å². The van der Waals surface area contributed by atoms with Gasteiger partial charge in [-0.25, -0.2) is 0 Å². The minimum Gasteiger partial charge on any atom is -0.487 e. The fraction of sp³-hybridized carbons (Fsp3) is 0.571. The van der Waals surface area contributed by atoms with Gasteiger partial charge < -0.3 is 10.1 Å². The highest BCUT2D eigenvalue weighted by Gasteiger charge is 2.38. The summed E-state index contributed by atoms with van der Waals surface area (Å²) in [6.07, 6.45) is 4.74. The molecule has 2 nitrogen and oxygen atoms in total. The number of rotatable bonds is 5. The van der Waals surface area contributed by atoms with Gasteiger partial charge in [-0.1, -0.05) is 22.0 Å². The van der Waals surface area contributed by atoms with Crippen molar-refractivity contribution in [2.75, 3.05) is 13.6 Å². The molecule has 0 aliphatic heterocycles. The Kier molecular flexibility index (Phi) is 4.10. The van der Waals surface area contributed by atoms with Crippen LogP contribution in [0.2, 0.25) is 0 Å². The Balaban J connectivity index is 2.09. The first-order chi connectivity index (χ1) is 8.15. The van der Waals surface area contributed by atoms with Gasteiger partial charge in [0.1, 0.15) is 11.4 Å². The predicted octanol–water partition coefficient (Wildman–Crippen LogP) is 3.67. The summed E-state index contributed by atoms with van der Waals surface area (Å²) >= 11 is 3.50. The van der Waals surface area contributed by atoms with E-state index in [1.54, 1.807) is 0 Å². The van der Waals surface area contributed by atoms with Crippen LogP contribution < -0.4 is 10.1 Å². The molecule has 17 heavy (non-hydrogen) atoms. The molecule has 0 saturated heterocycles. The van der Waals surface area contributed by atoms with E-state index in [2.05, 4.69) is 46.4 Å². The summed E-state index contributed by atoms with van der Waals surface area (Å²) in [5.41, 5.74) is 1.29. The number of aryl methyl sites for hydroxylation is 1. The van der Waals surface area contributed by atoms with Gasteiger partial charge in [-0.2, -0.15) is 0 Å². The number of benzene rings is 1. The summed E-state index contributed by atoms with van der Waals surface area (Å²) < 4.78 is 7.37. The average molecular weight is 298 g/mol. The van der Waals surface area contributed by atoms with E-state index in [4.69, 9.17) is 4.74 Å². The lowest BCUT2D eigenvalue weighted by Crippen LogP contribution is -2.45. The van der Waals surface area contributed by atoms with Crippen LogP contribution in [-0.4, -0.2) is 19.2 Å². The second-order valence-electron chi connectivity index (χ2n) is 4.90. The first-order valence-electron chi connectivity index (χ1n) is 6.25. The van der Waals surface area contributed by atoms with Gasteiger partial charge in [0.25, 0.3) is 0 Å². The maximum absolute atomic E-state index is 6.28. The Labute approximate surface area is 112 Å². The summed E-state index contributed by atoms with van der Waals surface area (Å²) in [5, 5.41) is 3.21. The quantitative estimate of drug-likeness (QED) is 0.895. The monoisotopic (exact) mass is 297 g/mol. The van der Waals surface area contributed by atoms with Gasteiger partial charge in [0.2, 0.25) is 0 Å². The largest absolute Gasteiger partial charge is 0.487 e. The van der Waals surface area contributed by atoms with Crippen LogP contribution in [0.25, 0.3) is 0 Å². The highest BCUT2D eigenvalue weighted by Crippen LogP contribution is 2.40. The second kappa shape index (κ2) is 5.40. The van der Waals surface area contributed by atoms with Gasteiger partial charge in [0, 0.05) is 4.47 Å². The Morgan fingerprint density at radius 1 is 1.41 bits per heavy atom. The fourth-order valence-corrected chi connectivity index (χ4v) is 2.58. The topological polar surface area (TPSA) is 21.3 Å². The van der Waals surface area contributed by atoms with E-state index in [9.17, 15) is 0 Å². The van der Waals surface area contributed by atoms with Crippen molar-refractivity contribution in [3.05, 3.63) is 28.2 Å². The second-order valence-corrected chi connectivity index (χ2v) is 5.82. The molecule has 0 bridgehead atoms. The van der Waals surface area contributed by atoms with Gasteiger partial charge in [-0.3, -0.25) is 0 Å². The molecule has 94 valence electrons. The molecule has 0 unspecified atom stereocenters. The van der Waals surface area contributed by atoms with E-state index >= 15 is 0 Å². The first kappa shape index (κ1) is 12.9. The average Bonchev–Trinajstić information content (AvgIpc) is 2.26. The molecule has 0 amide bonds. The van der Waals surface area contributed by atoms with Crippen LogP contribution in [0.4, 0.5) is 0 Å². The van der Waals surface area contributed by atoms with Crippen LogP contribution >= 0.6 is 15.9 Å². The lowest BCUT2D eigenvalue weighted by Gasteiger charge is -2.42. The first-order valence-corrected chi connectivity index (χ1v) is 7.04. The van der Waals surface area contributed by atoms with Crippen LogP contribution in [-0.2, 0) is 0 Å². The maximum atomic E-state index is 6.28. The summed E-state index contributed by atoms with van der Waals surface area (Å²) in [6.45, 7) is 3.12. The number of ether oxygens (including phenoxy) is 1.